The van der Waals surface area contributed by atoms with Crippen LogP contribution in [-0.4, -0.2) is 42.0 Å². The molecule has 1 aromatic heterocycles. The minimum Gasteiger partial charge on any atom is -0.384 e. The summed E-state index contributed by atoms with van der Waals surface area (Å²) >= 11 is 0. The third-order valence-corrected chi connectivity index (χ3v) is 4.91. The minimum absolute atomic E-state index is 0.00578. The van der Waals surface area contributed by atoms with Crippen LogP contribution in [0.25, 0.3) is 11.3 Å². The number of anilines is 1. The summed E-state index contributed by atoms with van der Waals surface area (Å²) < 4.78 is 24.3. The number of hydrogen-bond donors (Lipinski definition) is 1. The van der Waals surface area contributed by atoms with Gasteiger partial charge in [-0.1, -0.05) is 24.3 Å². The SMILES string of the molecule is CC(Cn1cc(-c2ccc3c(c2)NCC3)nn1)CS(C)(=O)=O. The van der Waals surface area contributed by atoms with E-state index < -0.39 is 9.84 Å². The number of nitrogens with one attached hydrogen (secondary N) is 1. The molecule has 1 unspecified atom stereocenters. The highest BCUT2D eigenvalue weighted by molar-refractivity contribution is 7.90. The van der Waals surface area contributed by atoms with Gasteiger partial charge in [0.1, 0.15) is 15.5 Å². The maximum absolute atomic E-state index is 11.3. The number of hydrogen-bond acceptors (Lipinski definition) is 5. The summed E-state index contributed by atoms with van der Waals surface area (Å²) in [5.74, 6) is 0.163. The lowest BCUT2D eigenvalue weighted by atomic mass is 10.1. The molecule has 0 saturated carbocycles. The fourth-order valence-corrected chi connectivity index (χ4v) is 4.00. The van der Waals surface area contributed by atoms with Gasteiger partial charge < -0.3 is 5.32 Å². The van der Waals surface area contributed by atoms with Crippen LogP contribution in [0.15, 0.2) is 24.4 Å². The van der Waals surface area contributed by atoms with Gasteiger partial charge in [-0.2, -0.15) is 0 Å². The maximum atomic E-state index is 11.3. The van der Waals surface area contributed by atoms with Crippen molar-refractivity contribution in [1.82, 2.24) is 15.0 Å². The van der Waals surface area contributed by atoms with E-state index in [9.17, 15) is 8.42 Å². The highest BCUT2D eigenvalue weighted by atomic mass is 32.2. The van der Waals surface area contributed by atoms with Gasteiger partial charge in [-0.15, -0.1) is 5.10 Å². The lowest BCUT2D eigenvalue weighted by Crippen LogP contribution is -2.17. The lowest BCUT2D eigenvalue weighted by Gasteiger charge is -2.08. The van der Waals surface area contributed by atoms with Crippen molar-refractivity contribution in [3.8, 4) is 11.3 Å². The Labute approximate surface area is 130 Å². The monoisotopic (exact) mass is 320 g/mol. The Balaban J connectivity index is 1.74. The van der Waals surface area contributed by atoms with E-state index >= 15 is 0 Å². The molecule has 1 N–H and O–H groups in total. The Morgan fingerprint density at radius 3 is 3.00 bits per heavy atom. The van der Waals surface area contributed by atoms with Crippen molar-refractivity contribution in [1.29, 1.82) is 0 Å². The molecule has 2 aromatic rings. The summed E-state index contributed by atoms with van der Waals surface area (Å²) in [5, 5.41) is 11.7. The van der Waals surface area contributed by atoms with Crippen molar-refractivity contribution >= 4 is 15.5 Å². The van der Waals surface area contributed by atoms with Crippen LogP contribution in [0.5, 0.6) is 0 Å². The maximum Gasteiger partial charge on any atom is 0.147 e. The third-order valence-electron chi connectivity index (χ3n) is 3.74. The van der Waals surface area contributed by atoms with Gasteiger partial charge in [-0.25, -0.2) is 8.42 Å². The summed E-state index contributed by atoms with van der Waals surface area (Å²) in [7, 11) is -2.97. The Morgan fingerprint density at radius 1 is 1.41 bits per heavy atom. The highest BCUT2D eigenvalue weighted by Crippen LogP contribution is 2.27. The van der Waals surface area contributed by atoms with Crippen molar-refractivity contribution in [3.05, 3.63) is 30.0 Å². The van der Waals surface area contributed by atoms with Crippen molar-refractivity contribution in [2.45, 2.75) is 19.9 Å². The fourth-order valence-electron chi connectivity index (χ4n) is 2.86. The van der Waals surface area contributed by atoms with Crippen LogP contribution in [0.4, 0.5) is 5.69 Å². The van der Waals surface area contributed by atoms with E-state index in [1.165, 1.54) is 11.8 Å². The van der Waals surface area contributed by atoms with Crippen LogP contribution in [0, 0.1) is 5.92 Å². The van der Waals surface area contributed by atoms with Crippen molar-refractivity contribution < 1.29 is 8.42 Å². The van der Waals surface area contributed by atoms with E-state index in [2.05, 4.69) is 33.8 Å². The quantitative estimate of drug-likeness (QED) is 0.905. The number of aromatic nitrogens is 3. The van der Waals surface area contributed by atoms with Gasteiger partial charge in [-0.05, 0) is 24.0 Å². The number of fused-ring (bicyclic) bond motifs is 1. The number of benzene rings is 1. The first-order valence-electron chi connectivity index (χ1n) is 7.36. The smallest absolute Gasteiger partial charge is 0.147 e. The van der Waals surface area contributed by atoms with Gasteiger partial charge in [0.2, 0.25) is 0 Å². The van der Waals surface area contributed by atoms with E-state index in [0.717, 1.165) is 29.9 Å². The van der Waals surface area contributed by atoms with Gasteiger partial charge in [0.15, 0.2) is 0 Å². The molecule has 0 bridgehead atoms. The standard InChI is InChI=1S/C15H20N4O2S/c1-11(10-22(2,20)21)8-19-9-15(17-18-19)13-4-3-12-5-6-16-14(12)7-13/h3-4,7,9,11,16H,5-6,8,10H2,1-2H3. The first-order chi connectivity index (χ1) is 10.4. The summed E-state index contributed by atoms with van der Waals surface area (Å²) in [6.45, 7) is 3.43. The molecular formula is C15H20N4O2S. The predicted molar refractivity (Wildman–Crippen MR) is 86.5 cm³/mol. The van der Waals surface area contributed by atoms with E-state index in [0.29, 0.717) is 6.54 Å². The summed E-state index contributed by atoms with van der Waals surface area (Å²) in [6, 6.07) is 6.27. The Bertz CT molecular complexity index is 783. The predicted octanol–water partition coefficient (Wildman–Crippen LogP) is 1.59. The normalized spacial score (nSPS) is 15.4. The lowest BCUT2D eigenvalue weighted by molar-refractivity contribution is 0.468. The van der Waals surface area contributed by atoms with Crippen LogP contribution < -0.4 is 5.32 Å². The molecule has 22 heavy (non-hydrogen) atoms. The van der Waals surface area contributed by atoms with E-state index in [4.69, 9.17) is 0 Å². The fraction of sp³-hybridized carbons (Fsp3) is 0.467. The molecule has 3 rings (SSSR count). The van der Waals surface area contributed by atoms with Crippen LogP contribution >= 0.6 is 0 Å². The zero-order valence-electron chi connectivity index (χ0n) is 12.8. The Morgan fingerprint density at radius 2 is 2.23 bits per heavy atom. The summed E-state index contributed by atoms with van der Waals surface area (Å²) in [4.78, 5) is 0. The molecule has 118 valence electrons. The van der Waals surface area contributed by atoms with E-state index in [-0.39, 0.29) is 11.7 Å². The topological polar surface area (TPSA) is 76.9 Å². The van der Waals surface area contributed by atoms with Gasteiger partial charge in [-0.3, -0.25) is 4.68 Å². The molecule has 1 aromatic carbocycles. The molecule has 1 aliphatic rings. The zero-order valence-corrected chi connectivity index (χ0v) is 13.6. The number of sulfone groups is 1. The molecule has 0 fully saturated rings. The molecule has 0 radical (unpaired) electrons. The van der Waals surface area contributed by atoms with Gasteiger partial charge in [0.05, 0.1) is 11.9 Å². The van der Waals surface area contributed by atoms with Crippen molar-refractivity contribution in [2.24, 2.45) is 5.92 Å². The van der Waals surface area contributed by atoms with Crippen LogP contribution in [0.3, 0.4) is 0 Å². The van der Waals surface area contributed by atoms with E-state index in [1.54, 1.807) is 4.68 Å². The average molecular weight is 320 g/mol. The second-order valence-corrected chi connectivity index (χ2v) is 8.26. The molecule has 0 spiro atoms. The molecule has 2 heterocycles. The molecule has 6 nitrogen and oxygen atoms in total. The second-order valence-electron chi connectivity index (χ2n) is 6.07. The van der Waals surface area contributed by atoms with Crippen molar-refractivity contribution in [3.63, 3.8) is 0 Å². The number of nitrogens with zero attached hydrogens (tertiary/aromatic N) is 3. The molecule has 1 aliphatic heterocycles. The summed E-state index contributed by atoms with van der Waals surface area (Å²) in [6.07, 6.45) is 4.19. The van der Waals surface area contributed by atoms with Gasteiger partial charge >= 0.3 is 0 Å². The van der Waals surface area contributed by atoms with Crippen LogP contribution in [-0.2, 0) is 22.8 Å². The van der Waals surface area contributed by atoms with Crippen LogP contribution in [0.2, 0.25) is 0 Å². The third kappa shape index (κ3) is 3.47. The molecule has 1 atom stereocenters. The minimum atomic E-state index is -2.97. The first-order valence-corrected chi connectivity index (χ1v) is 9.42. The second kappa shape index (κ2) is 5.72. The molecule has 7 heteroatoms. The van der Waals surface area contributed by atoms with Crippen molar-refractivity contribution in [2.75, 3.05) is 23.9 Å². The Hall–Kier alpha value is -1.89. The first kappa shape index (κ1) is 15.0. The Kier molecular flexibility index (Phi) is 3.90. The molecule has 0 aliphatic carbocycles. The molecule has 0 amide bonds. The summed E-state index contributed by atoms with van der Waals surface area (Å²) in [5.41, 5.74) is 4.33. The van der Waals surface area contributed by atoms with Gasteiger partial charge in [0.25, 0.3) is 0 Å². The largest absolute Gasteiger partial charge is 0.384 e. The highest BCUT2D eigenvalue weighted by Gasteiger charge is 2.14. The average Bonchev–Trinajstić information content (AvgIpc) is 3.03. The molecule has 0 saturated heterocycles. The molecular weight excluding hydrogens is 300 g/mol. The van der Waals surface area contributed by atoms with Gasteiger partial charge in [0, 0.05) is 30.6 Å². The zero-order chi connectivity index (χ0) is 15.7. The number of rotatable bonds is 5. The van der Waals surface area contributed by atoms with E-state index in [1.807, 2.05) is 13.1 Å². The van der Waals surface area contributed by atoms with Crippen LogP contribution in [0.1, 0.15) is 12.5 Å².